The van der Waals surface area contributed by atoms with Crippen molar-refractivity contribution in [3.05, 3.63) is 29.8 Å². The highest BCUT2D eigenvalue weighted by Gasteiger charge is 2.34. The minimum atomic E-state index is 0.0590. The van der Waals surface area contributed by atoms with Crippen LogP contribution >= 0.6 is 0 Å². The molecule has 0 bridgehead atoms. The van der Waals surface area contributed by atoms with Crippen molar-refractivity contribution in [3.8, 4) is 5.75 Å². The van der Waals surface area contributed by atoms with Crippen molar-refractivity contribution in [2.75, 3.05) is 53.0 Å². The van der Waals surface area contributed by atoms with E-state index in [9.17, 15) is 0 Å². The van der Waals surface area contributed by atoms with E-state index in [1.165, 1.54) is 24.9 Å². The van der Waals surface area contributed by atoms with E-state index < -0.39 is 0 Å². The predicted molar refractivity (Wildman–Crippen MR) is 119 cm³/mol. The highest BCUT2D eigenvalue weighted by Crippen LogP contribution is 2.35. The molecule has 2 aliphatic rings. The van der Waals surface area contributed by atoms with Crippen LogP contribution in [-0.4, -0.2) is 69.9 Å². The number of hydrogen-bond donors (Lipinski definition) is 2. The van der Waals surface area contributed by atoms with Gasteiger partial charge in [-0.3, -0.25) is 9.89 Å². The smallest absolute Gasteiger partial charge is 0.191 e. The molecule has 2 heterocycles. The van der Waals surface area contributed by atoms with Gasteiger partial charge in [0.25, 0.3) is 0 Å². The molecule has 3 rings (SSSR count). The number of likely N-dealkylation sites (tertiary alicyclic amines) is 1. The third-order valence-corrected chi connectivity index (χ3v) is 6.46. The average Bonchev–Trinajstić information content (AvgIpc) is 3.23. The van der Waals surface area contributed by atoms with E-state index in [-0.39, 0.29) is 5.41 Å². The van der Waals surface area contributed by atoms with E-state index in [1.807, 2.05) is 14.0 Å². The largest absolute Gasteiger partial charge is 0.494 e. The zero-order valence-corrected chi connectivity index (χ0v) is 18.4. The SMILES string of the molecule is CCOc1ccc(C2(CNC(=NC)NCC3CCCN3CC)CCOCC2)cc1. The molecule has 0 radical (unpaired) electrons. The van der Waals surface area contributed by atoms with Gasteiger partial charge < -0.3 is 20.1 Å². The van der Waals surface area contributed by atoms with Crippen LogP contribution in [0.5, 0.6) is 5.75 Å². The summed E-state index contributed by atoms with van der Waals surface area (Å²) in [5, 5.41) is 7.16. The molecule has 1 aromatic rings. The quantitative estimate of drug-likeness (QED) is 0.517. The Bertz CT molecular complexity index is 641. The number of nitrogens with one attached hydrogen (secondary N) is 2. The van der Waals surface area contributed by atoms with Crippen molar-refractivity contribution >= 4 is 5.96 Å². The standard InChI is InChI=1S/C23H38N4O2/c1-4-27-14-6-7-20(27)17-25-22(24-3)26-18-23(12-15-28-16-13-23)19-8-10-21(11-9-19)29-5-2/h8-11,20H,4-7,12-18H2,1-3H3,(H2,24,25,26). The lowest BCUT2D eigenvalue weighted by molar-refractivity contribution is 0.0513. The molecule has 6 nitrogen and oxygen atoms in total. The first-order valence-corrected chi connectivity index (χ1v) is 11.2. The zero-order valence-electron chi connectivity index (χ0n) is 18.4. The fourth-order valence-electron chi connectivity index (χ4n) is 4.63. The molecule has 0 amide bonds. The summed E-state index contributed by atoms with van der Waals surface area (Å²) in [6.45, 7) is 10.7. The topological polar surface area (TPSA) is 58.1 Å². The monoisotopic (exact) mass is 402 g/mol. The maximum Gasteiger partial charge on any atom is 0.191 e. The van der Waals surface area contributed by atoms with Gasteiger partial charge in [0.15, 0.2) is 5.96 Å². The lowest BCUT2D eigenvalue weighted by atomic mass is 9.74. The van der Waals surface area contributed by atoms with Crippen molar-refractivity contribution in [3.63, 3.8) is 0 Å². The number of likely N-dealkylation sites (N-methyl/N-ethyl adjacent to an activating group) is 1. The summed E-state index contributed by atoms with van der Waals surface area (Å²) in [7, 11) is 1.86. The molecule has 29 heavy (non-hydrogen) atoms. The number of benzene rings is 1. The Morgan fingerprint density at radius 2 is 1.97 bits per heavy atom. The second-order valence-corrected chi connectivity index (χ2v) is 8.08. The van der Waals surface area contributed by atoms with E-state index in [2.05, 4.69) is 51.7 Å². The first kappa shape index (κ1) is 21.9. The molecule has 2 saturated heterocycles. The van der Waals surface area contributed by atoms with Crippen LogP contribution in [0.25, 0.3) is 0 Å². The van der Waals surface area contributed by atoms with Crippen LogP contribution in [0.2, 0.25) is 0 Å². The number of ether oxygens (including phenoxy) is 2. The first-order valence-electron chi connectivity index (χ1n) is 11.2. The van der Waals surface area contributed by atoms with Gasteiger partial charge in [0.2, 0.25) is 0 Å². The highest BCUT2D eigenvalue weighted by atomic mass is 16.5. The van der Waals surface area contributed by atoms with E-state index >= 15 is 0 Å². The van der Waals surface area contributed by atoms with Gasteiger partial charge >= 0.3 is 0 Å². The first-order chi connectivity index (χ1) is 14.2. The zero-order chi connectivity index (χ0) is 20.5. The van der Waals surface area contributed by atoms with Crippen molar-refractivity contribution in [2.45, 2.75) is 51.0 Å². The van der Waals surface area contributed by atoms with Crippen LogP contribution in [-0.2, 0) is 10.2 Å². The van der Waals surface area contributed by atoms with Crippen LogP contribution in [0.15, 0.2) is 29.3 Å². The Morgan fingerprint density at radius 1 is 1.21 bits per heavy atom. The highest BCUT2D eigenvalue weighted by molar-refractivity contribution is 5.79. The molecule has 1 unspecified atom stereocenters. The number of aliphatic imine (C=N–C) groups is 1. The molecule has 0 saturated carbocycles. The second-order valence-electron chi connectivity index (χ2n) is 8.08. The molecule has 2 fully saturated rings. The van der Waals surface area contributed by atoms with Gasteiger partial charge in [0, 0.05) is 44.8 Å². The van der Waals surface area contributed by atoms with Gasteiger partial charge in [0.05, 0.1) is 6.61 Å². The molecular formula is C23H38N4O2. The molecule has 0 spiro atoms. The molecule has 1 atom stereocenters. The minimum Gasteiger partial charge on any atom is -0.494 e. The summed E-state index contributed by atoms with van der Waals surface area (Å²) in [5.74, 6) is 1.82. The summed E-state index contributed by atoms with van der Waals surface area (Å²) in [5.41, 5.74) is 1.41. The Labute approximate surface area is 176 Å². The van der Waals surface area contributed by atoms with Gasteiger partial charge in [0.1, 0.15) is 5.75 Å². The van der Waals surface area contributed by atoms with Crippen LogP contribution in [0.4, 0.5) is 0 Å². The third-order valence-electron chi connectivity index (χ3n) is 6.46. The summed E-state index contributed by atoms with van der Waals surface area (Å²) in [6, 6.07) is 9.21. The summed E-state index contributed by atoms with van der Waals surface area (Å²) < 4.78 is 11.3. The lowest BCUT2D eigenvalue weighted by Crippen LogP contribution is -2.50. The fourth-order valence-corrected chi connectivity index (χ4v) is 4.63. The van der Waals surface area contributed by atoms with Crippen molar-refractivity contribution in [2.24, 2.45) is 4.99 Å². The number of rotatable bonds is 8. The number of hydrogen-bond acceptors (Lipinski definition) is 4. The molecule has 6 heteroatoms. The van der Waals surface area contributed by atoms with Gasteiger partial charge in [-0.2, -0.15) is 0 Å². The molecular weight excluding hydrogens is 364 g/mol. The predicted octanol–water partition coefficient (Wildman–Crippen LogP) is 2.78. The molecule has 2 aliphatic heterocycles. The second kappa shape index (κ2) is 10.8. The molecule has 2 N–H and O–H groups in total. The van der Waals surface area contributed by atoms with E-state index in [0.717, 1.165) is 57.4 Å². The maximum absolute atomic E-state index is 5.68. The molecule has 162 valence electrons. The summed E-state index contributed by atoms with van der Waals surface area (Å²) in [6.07, 6.45) is 4.59. The Balaban J connectivity index is 1.61. The van der Waals surface area contributed by atoms with Gasteiger partial charge in [-0.25, -0.2) is 0 Å². The number of guanidine groups is 1. The van der Waals surface area contributed by atoms with Gasteiger partial charge in [-0.05, 0) is 63.4 Å². The Hall–Kier alpha value is -1.79. The van der Waals surface area contributed by atoms with E-state index in [4.69, 9.17) is 9.47 Å². The average molecular weight is 403 g/mol. The summed E-state index contributed by atoms with van der Waals surface area (Å²) in [4.78, 5) is 7.03. The summed E-state index contributed by atoms with van der Waals surface area (Å²) >= 11 is 0. The normalized spacial score (nSPS) is 22.4. The minimum absolute atomic E-state index is 0.0590. The fraction of sp³-hybridized carbons (Fsp3) is 0.696. The molecule has 0 aromatic heterocycles. The molecule has 1 aromatic carbocycles. The van der Waals surface area contributed by atoms with Gasteiger partial charge in [-0.15, -0.1) is 0 Å². The van der Waals surface area contributed by atoms with Crippen LogP contribution in [0, 0.1) is 0 Å². The number of nitrogens with zero attached hydrogens (tertiary/aromatic N) is 2. The van der Waals surface area contributed by atoms with Crippen LogP contribution in [0.3, 0.4) is 0 Å². The van der Waals surface area contributed by atoms with Crippen LogP contribution < -0.4 is 15.4 Å². The maximum atomic E-state index is 5.68. The molecule has 0 aliphatic carbocycles. The Morgan fingerprint density at radius 3 is 2.62 bits per heavy atom. The lowest BCUT2D eigenvalue weighted by Gasteiger charge is -2.38. The van der Waals surface area contributed by atoms with Crippen molar-refractivity contribution in [1.82, 2.24) is 15.5 Å². The van der Waals surface area contributed by atoms with Crippen molar-refractivity contribution in [1.29, 1.82) is 0 Å². The third kappa shape index (κ3) is 5.64. The Kier molecular flexibility index (Phi) is 8.19. The van der Waals surface area contributed by atoms with E-state index in [0.29, 0.717) is 12.6 Å². The van der Waals surface area contributed by atoms with Crippen molar-refractivity contribution < 1.29 is 9.47 Å². The van der Waals surface area contributed by atoms with Crippen LogP contribution in [0.1, 0.15) is 45.1 Å². The van der Waals surface area contributed by atoms with Gasteiger partial charge in [-0.1, -0.05) is 19.1 Å². The van der Waals surface area contributed by atoms with E-state index in [1.54, 1.807) is 0 Å².